The number of ether oxygens (including phenoxy) is 2. The summed E-state index contributed by atoms with van der Waals surface area (Å²) >= 11 is 0. The molecule has 2 radical (unpaired) electrons. The van der Waals surface area contributed by atoms with Crippen LogP contribution in [0.25, 0.3) is 0 Å². The average Bonchev–Trinajstić information content (AvgIpc) is 2.42. The lowest BCUT2D eigenvalue weighted by Gasteiger charge is -2.28. The molecule has 0 spiro atoms. The molecule has 2 aliphatic rings. The van der Waals surface area contributed by atoms with E-state index >= 15 is 0 Å². The van der Waals surface area contributed by atoms with E-state index < -0.39 is 5.60 Å². The summed E-state index contributed by atoms with van der Waals surface area (Å²) in [6, 6.07) is -0.356. The van der Waals surface area contributed by atoms with Crippen LogP contribution in [0.2, 0.25) is 0 Å². The van der Waals surface area contributed by atoms with E-state index in [9.17, 15) is 0 Å². The molecule has 2 aliphatic heterocycles. The molecule has 3 nitrogen and oxygen atoms in total. The van der Waals surface area contributed by atoms with Crippen LogP contribution in [0.3, 0.4) is 0 Å². The van der Waals surface area contributed by atoms with Crippen LogP contribution in [-0.4, -0.2) is 43.9 Å². The van der Waals surface area contributed by atoms with Gasteiger partial charge in [-0.1, -0.05) is 6.92 Å². The van der Waals surface area contributed by atoms with Crippen LogP contribution in [0.4, 0.5) is 0 Å². The standard InChI is InChI=1S/C7H11BO3/c1-4-5-6(8)11-7(4,2-9)3-10-5/h4-6,9H,2-3H2,1H3. The molecule has 2 bridgehead atoms. The first-order valence-corrected chi connectivity index (χ1v) is 3.85. The fourth-order valence-electron chi connectivity index (χ4n) is 1.90. The summed E-state index contributed by atoms with van der Waals surface area (Å²) in [6.45, 7) is 2.47. The van der Waals surface area contributed by atoms with E-state index in [0.29, 0.717) is 6.61 Å². The molecule has 60 valence electrons. The molecular weight excluding hydrogens is 143 g/mol. The normalized spacial score (nSPS) is 55.3. The van der Waals surface area contributed by atoms with Crippen molar-refractivity contribution in [2.24, 2.45) is 5.92 Å². The minimum atomic E-state index is -0.510. The number of fused-ring (bicyclic) bond motifs is 2. The van der Waals surface area contributed by atoms with Crippen LogP contribution in [0.5, 0.6) is 0 Å². The predicted molar refractivity (Wildman–Crippen MR) is 39.3 cm³/mol. The Kier molecular flexibility index (Phi) is 1.53. The van der Waals surface area contributed by atoms with Crippen LogP contribution in [0, 0.1) is 5.92 Å². The summed E-state index contributed by atoms with van der Waals surface area (Å²) in [5.74, 6) is 0.211. The molecule has 4 atom stereocenters. The van der Waals surface area contributed by atoms with Crippen LogP contribution in [0.15, 0.2) is 0 Å². The van der Waals surface area contributed by atoms with Gasteiger partial charge in [0, 0.05) is 11.9 Å². The third kappa shape index (κ3) is 0.804. The number of aliphatic hydroxyl groups excluding tert-OH is 1. The quantitative estimate of drug-likeness (QED) is 0.506. The highest BCUT2D eigenvalue weighted by atomic mass is 16.6. The topological polar surface area (TPSA) is 38.7 Å². The van der Waals surface area contributed by atoms with E-state index in [1.807, 2.05) is 6.92 Å². The summed E-state index contributed by atoms with van der Waals surface area (Å²) in [5.41, 5.74) is -0.510. The molecule has 0 aromatic heterocycles. The number of hydrogen-bond acceptors (Lipinski definition) is 3. The highest BCUT2D eigenvalue weighted by Crippen LogP contribution is 2.42. The van der Waals surface area contributed by atoms with Gasteiger partial charge >= 0.3 is 0 Å². The van der Waals surface area contributed by atoms with Crippen molar-refractivity contribution in [3.63, 3.8) is 0 Å². The van der Waals surface area contributed by atoms with Gasteiger partial charge in [-0.15, -0.1) is 0 Å². The highest BCUT2D eigenvalue weighted by Gasteiger charge is 2.56. The maximum absolute atomic E-state index is 9.07. The van der Waals surface area contributed by atoms with Gasteiger partial charge in [0.25, 0.3) is 0 Å². The van der Waals surface area contributed by atoms with Crippen LogP contribution >= 0.6 is 0 Å². The minimum Gasteiger partial charge on any atom is -0.393 e. The molecular formula is C7H11BO3. The van der Waals surface area contributed by atoms with E-state index in [1.165, 1.54) is 0 Å². The maximum Gasteiger partial charge on any atom is 0.119 e. The van der Waals surface area contributed by atoms with Gasteiger partial charge in [-0.25, -0.2) is 0 Å². The second-order valence-corrected chi connectivity index (χ2v) is 3.37. The van der Waals surface area contributed by atoms with E-state index in [-0.39, 0.29) is 24.6 Å². The summed E-state index contributed by atoms with van der Waals surface area (Å²) in [7, 11) is 5.61. The third-order valence-electron chi connectivity index (χ3n) is 2.80. The van der Waals surface area contributed by atoms with Gasteiger partial charge in [0.15, 0.2) is 0 Å². The lowest BCUT2D eigenvalue weighted by atomic mass is 9.86. The first kappa shape index (κ1) is 7.59. The molecule has 4 unspecified atom stereocenters. The monoisotopic (exact) mass is 154 g/mol. The molecule has 11 heavy (non-hydrogen) atoms. The minimum absolute atomic E-state index is 0.00162. The lowest BCUT2D eigenvalue weighted by Crippen LogP contribution is -2.41. The molecule has 0 amide bonds. The Balaban J connectivity index is 2.24. The van der Waals surface area contributed by atoms with Gasteiger partial charge in [-0.2, -0.15) is 0 Å². The van der Waals surface area contributed by atoms with Crippen molar-refractivity contribution < 1.29 is 14.6 Å². The molecule has 0 aromatic carbocycles. The average molecular weight is 154 g/mol. The largest absolute Gasteiger partial charge is 0.393 e. The summed E-state index contributed by atoms with van der Waals surface area (Å²) in [5, 5.41) is 9.07. The smallest absolute Gasteiger partial charge is 0.119 e. The molecule has 1 N–H and O–H groups in total. The van der Waals surface area contributed by atoms with E-state index in [4.69, 9.17) is 22.4 Å². The fraction of sp³-hybridized carbons (Fsp3) is 1.00. The first-order valence-electron chi connectivity index (χ1n) is 3.85. The predicted octanol–water partition coefficient (Wildman–Crippen LogP) is -0.723. The van der Waals surface area contributed by atoms with Crippen molar-refractivity contribution >= 4 is 7.85 Å². The van der Waals surface area contributed by atoms with Crippen molar-refractivity contribution in [3.8, 4) is 0 Å². The summed E-state index contributed by atoms with van der Waals surface area (Å²) in [4.78, 5) is 0. The van der Waals surface area contributed by atoms with Crippen LogP contribution in [-0.2, 0) is 9.47 Å². The Labute approximate surface area is 67.1 Å². The van der Waals surface area contributed by atoms with Gasteiger partial charge in [0.2, 0.25) is 0 Å². The number of hydrogen-bond donors (Lipinski definition) is 1. The molecule has 0 aliphatic carbocycles. The van der Waals surface area contributed by atoms with Gasteiger partial charge in [0.05, 0.1) is 19.3 Å². The molecule has 2 rings (SSSR count). The maximum atomic E-state index is 9.07. The molecule has 4 heteroatoms. The van der Waals surface area contributed by atoms with Gasteiger partial charge in [-0.05, 0) is 0 Å². The Morgan fingerprint density at radius 1 is 1.73 bits per heavy atom. The molecule has 0 aromatic rings. The second kappa shape index (κ2) is 2.22. The SMILES string of the molecule is [B]C1OC2(CO)COC1C2C. The lowest BCUT2D eigenvalue weighted by molar-refractivity contribution is -0.132. The van der Waals surface area contributed by atoms with Crippen molar-refractivity contribution in [3.05, 3.63) is 0 Å². The zero-order chi connectivity index (χ0) is 8.06. The van der Waals surface area contributed by atoms with E-state index in [1.54, 1.807) is 0 Å². The van der Waals surface area contributed by atoms with Crippen molar-refractivity contribution in [2.75, 3.05) is 13.2 Å². The van der Waals surface area contributed by atoms with E-state index in [2.05, 4.69) is 0 Å². The Morgan fingerprint density at radius 3 is 2.73 bits per heavy atom. The first-order chi connectivity index (χ1) is 5.19. The highest BCUT2D eigenvalue weighted by molar-refractivity contribution is 6.11. The van der Waals surface area contributed by atoms with Gasteiger partial charge in [-0.3, -0.25) is 0 Å². The third-order valence-corrected chi connectivity index (χ3v) is 2.80. The second-order valence-electron chi connectivity index (χ2n) is 3.37. The number of aliphatic hydroxyl groups is 1. The van der Waals surface area contributed by atoms with Crippen molar-refractivity contribution in [1.82, 2.24) is 0 Å². The zero-order valence-corrected chi connectivity index (χ0v) is 6.49. The zero-order valence-electron chi connectivity index (χ0n) is 6.49. The molecule has 2 heterocycles. The Morgan fingerprint density at radius 2 is 2.45 bits per heavy atom. The van der Waals surface area contributed by atoms with Crippen LogP contribution in [0.1, 0.15) is 6.92 Å². The molecule has 2 fully saturated rings. The summed E-state index contributed by atoms with van der Waals surface area (Å²) in [6.07, 6.45) is -0.0258. The molecule has 0 saturated carbocycles. The fourth-order valence-corrected chi connectivity index (χ4v) is 1.90. The van der Waals surface area contributed by atoms with Crippen molar-refractivity contribution in [2.45, 2.75) is 24.6 Å². The van der Waals surface area contributed by atoms with Crippen LogP contribution < -0.4 is 0 Å². The Bertz CT molecular complexity index is 175. The number of rotatable bonds is 1. The van der Waals surface area contributed by atoms with Gasteiger partial charge in [0.1, 0.15) is 13.4 Å². The summed E-state index contributed by atoms with van der Waals surface area (Å²) < 4.78 is 10.8. The van der Waals surface area contributed by atoms with E-state index in [0.717, 1.165) is 0 Å². The van der Waals surface area contributed by atoms with Gasteiger partial charge < -0.3 is 14.6 Å². The molecule has 2 saturated heterocycles. The Hall–Kier alpha value is -0.0551. The van der Waals surface area contributed by atoms with Crippen molar-refractivity contribution in [1.29, 1.82) is 0 Å².